The average molecular weight is 476 g/mol. The Kier molecular flexibility index (Phi) is 5.78. The SMILES string of the molecule is CC1CCc2c(sc(NC(=O)C=Cc3ccc([N+](=O)[O-])cc3)c2-c2nc3ccccc3s2)C1. The van der Waals surface area contributed by atoms with Crippen LogP contribution in [-0.2, 0) is 17.6 Å². The zero-order valence-corrected chi connectivity index (χ0v) is 19.5. The quantitative estimate of drug-likeness (QED) is 0.197. The minimum absolute atomic E-state index is 0.0236. The number of nitro benzene ring substituents is 1. The van der Waals surface area contributed by atoms with E-state index in [9.17, 15) is 14.9 Å². The van der Waals surface area contributed by atoms with E-state index in [-0.39, 0.29) is 11.6 Å². The maximum Gasteiger partial charge on any atom is 0.269 e. The van der Waals surface area contributed by atoms with Crippen molar-refractivity contribution in [2.75, 3.05) is 5.32 Å². The lowest BCUT2D eigenvalue weighted by atomic mass is 9.88. The first-order chi connectivity index (χ1) is 16.0. The van der Waals surface area contributed by atoms with Gasteiger partial charge in [-0.2, -0.15) is 0 Å². The molecule has 0 radical (unpaired) electrons. The Hall–Kier alpha value is -3.36. The number of amides is 1. The van der Waals surface area contributed by atoms with Crippen LogP contribution in [0.15, 0.2) is 54.6 Å². The summed E-state index contributed by atoms with van der Waals surface area (Å²) in [6.07, 6.45) is 6.27. The standard InChI is InChI=1S/C25H21N3O3S2/c1-15-6-12-18-21(14-15)33-25(23(18)24-26-19-4-2-3-5-20(19)32-24)27-22(29)13-9-16-7-10-17(11-8-16)28(30)31/h2-5,7-11,13,15H,6,12,14H2,1H3,(H,27,29). The van der Waals surface area contributed by atoms with Gasteiger partial charge in [0.05, 0.1) is 15.1 Å². The molecule has 5 rings (SSSR count). The molecule has 1 aliphatic rings. The second kappa shape index (κ2) is 8.88. The minimum atomic E-state index is -0.441. The second-order valence-corrected chi connectivity index (χ2v) is 10.3. The zero-order valence-electron chi connectivity index (χ0n) is 17.9. The number of carbonyl (C=O) groups excluding carboxylic acids is 1. The summed E-state index contributed by atoms with van der Waals surface area (Å²) in [5, 5.41) is 15.7. The van der Waals surface area contributed by atoms with E-state index in [2.05, 4.69) is 18.3 Å². The van der Waals surface area contributed by atoms with E-state index in [1.165, 1.54) is 28.6 Å². The number of rotatable bonds is 5. The van der Waals surface area contributed by atoms with Crippen molar-refractivity contribution >= 4 is 55.6 Å². The number of carbonyl (C=O) groups is 1. The lowest BCUT2D eigenvalue weighted by Gasteiger charge is -2.18. The van der Waals surface area contributed by atoms with Crippen molar-refractivity contribution < 1.29 is 9.72 Å². The number of nitro groups is 1. The fourth-order valence-corrected chi connectivity index (χ4v) is 6.60. The summed E-state index contributed by atoms with van der Waals surface area (Å²) >= 11 is 3.31. The predicted octanol–water partition coefficient (Wildman–Crippen LogP) is 6.71. The van der Waals surface area contributed by atoms with E-state index in [0.29, 0.717) is 5.92 Å². The van der Waals surface area contributed by atoms with Gasteiger partial charge in [-0.25, -0.2) is 4.98 Å². The van der Waals surface area contributed by atoms with E-state index in [0.717, 1.165) is 50.6 Å². The molecule has 1 amide bonds. The van der Waals surface area contributed by atoms with Crippen molar-refractivity contribution in [1.29, 1.82) is 0 Å². The van der Waals surface area contributed by atoms with Gasteiger partial charge >= 0.3 is 0 Å². The molecular formula is C25H21N3O3S2. The maximum absolute atomic E-state index is 12.8. The van der Waals surface area contributed by atoms with Gasteiger partial charge in [0.25, 0.3) is 5.69 Å². The molecule has 8 heteroatoms. The van der Waals surface area contributed by atoms with E-state index in [4.69, 9.17) is 4.98 Å². The molecule has 2 heterocycles. The molecule has 6 nitrogen and oxygen atoms in total. The number of aromatic nitrogens is 1. The summed E-state index contributed by atoms with van der Waals surface area (Å²) in [6, 6.07) is 14.2. The first-order valence-corrected chi connectivity index (χ1v) is 12.3. The van der Waals surface area contributed by atoms with Crippen LogP contribution < -0.4 is 5.32 Å². The number of anilines is 1. The third kappa shape index (κ3) is 4.44. The fourth-order valence-electron chi connectivity index (χ4n) is 4.08. The Morgan fingerprint density at radius 1 is 1.18 bits per heavy atom. The van der Waals surface area contributed by atoms with E-state index < -0.39 is 4.92 Å². The topological polar surface area (TPSA) is 85.1 Å². The van der Waals surface area contributed by atoms with Crippen LogP contribution in [0.3, 0.4) is 0 Å². The third-order valence-electron chi connectivity index (χ3n) is 5.79. The van der Waals surface area contributed by atoms with E-state index in [1.807, 2.05) is 18.2 Å². The van der Waals surface area contributed by atoms with E-state index in [1.54, 1.807) is 40.9 Å². The molecule has 0 saturated heterocycles. The Bertz CT molecular complexity index is 1350. The minimum Gasteiger partial charge on any atom is -0.313 e. The Morgan fingerprint density at radius 2 is 1.97 bits per heavy atom. The van der Waals surface area contributed by atoms with Gasteiger partial charge in [-0.1, -0.05) is 19.1 Å². The van der Waals surface area contributed by atoms with Crippen LogP contribution >= 0.6 is 22.7 Å². The summed E-state index contributed by atoms with van der Waals surface area (Å²) in [4.78, 5) is 29.3. The van der Waals surface area contributed by atoms with Crippen LogP contribution in [0.2, 0.25) is 0 Å². The Labute approximate surface area is 198 Å². The van der Waals surface area contributed by atoms with Crippen molar-refractivity contribution in [3.8, 4) is 10.6 Å². The van der Waals surface area contributed by atoms with Crippen molar-refractivity contribution in [3.05, 3.63) is 80.7 Å². The molecule has 33 heavy (non-hydrogen) atoms. The summed E-state index contributed by atoms with van der Waals surface area (Å²) in [5.41, 5.74) is 4.08. The zero-order chi connectivity index (χ0) is 22.9. The van der Waals surface area contributed by atoms with Crippen LogP contribution in [0.1, 0.15) is 29.3 Å². The molecule has 0 bridgehead atoms. The third-order valence-corrected chi connectivity index (χ3v) is 8.01. The van der Waals surface area contributed by atoms with Crippen molar-refractivity contribution in [2.45, 2.75) is 26.2 Å². The number of benzene rings is 2. The average Bonchev–Trinajstić information content (AvgIpc) is 3.38. The molecule has 1 atom stereocenters. The van der Waals surface area contributed by atoms with Gasteiger partial charge in [-0.15, -0.1) is 22.7 Å². The normalized spacial score (nSPS) is 15.6. The van der Waals surface area contributed by atoms with Gasteiger partial charge in [0.1, 0.15) is 10.0 Å². The smallest absolute Gasteiger partial charge is 0.269 e. The number of hydrogen-bond acceptors (Lipinski definition) is 6. The number of thiazole rings is 1. The summed E-state index contributed by atoms with van der Waals surface area (Å²) in [7, 11) is 0. The summed E-state index contributed by atoms with van der Waals surface area (Å²) in [6.45, 7) is 2.27. The number of para-hydroxylation sites is 1. The van der Waals surface area contributed by atoms with Crippen molar-refractivity contribution in [3.63, 3.8) is 0 Å². The van der Waals surface area contributed by atoms with Crippen LogP contribution in [0.25, 0.3) is 26.9 Å². The van der Waals surface area contributed by atoms with Crippen LogP contribution in [-0.4, -0.2) is 15.8 Å². The number of nitrogens with one attached hydrogen (secondary N) is 1. The lowest BCUT2D eigenvalue weighted by molar-refractivity contribution is -0.384. The van der Waals surface area contributed by atoms with Crippen LogP contribution in [0.4, 0.5) is 10.7 Å². The van der Waals surface area contributed by atoms with E-state index >= 15 is 0 Å². The predicted molar refractivity (Wildman–Crippen MR) is 135 cm³/mol. The first kappa shape index (κ1) is 21.5. The molecule has 2 aromatic heterocycles. The molecule has 2 aromatic carbocycles. The molecule has 0 saturated carbocycles. The highest BCUT2D eigenvalue weighted by molar-refractivity contribution is 7.23. The number of non-ortho nitro benzene ring substituents is 1. The second-order valence-electron chi connectivity index (χ2n) is 8.21. The molecule has 1 unspecified atom stereocenters. The van der Waals surface area contributed by atoms with Gasteiger partial charge in [-0.3, -0.25) is 14.9 Å². The molecule has 0 spiro atoms. The highest BCUT2D eigenvalue weighted by Crippen LogP contribution is 2.47. The number of nitrogens with zero attached hydrogens (tertiary/aromatic N) is 2. The molecule has 1 N–H and O–H groups in total. The maximum atomic E-state index is 12.8. The number of thiophene rings is 1. The number of hydrogen-bond donors (Lipinski definition) is 1. The molecule has 1 aliphatic carbocycles. The van der Waals surface area contributed by atoms with Crippen molar-refractivity contribution in [2.24, 2.45) is 5.92 Å². The molecular weight excluding hydrogens is 454 g/mol. The van der Waals surface area contributed by atoms with Crippen LogP contribution in [0, 0.1) is 16.0 Å². The largest absolute Gasteiger partial charge is 0.313 e. The van der Waals surface area contributed by atoms with Gasteiger partial charge in [0.2, 0.25) is 5.91 Å². The van der Waals surface area contributed by atoms with Gasteiger partial charge < -0.3 is 5.32 Å². The monoisotopic (exact) mass is 475 g/mol. The molecule has 0 aliphatic heterocycles. The fraction of sp³-hybridized carbons (Fsp3) is 0.200. The van der Waals surface area contributed by atoms with Gasteiger partial charge in [0.15, 0.2) is 0 Å². The highest BCUT2D eigenvalue weighted by atomic mass is 32.1. The highest BCUT2D eigenvalue weighted by Gasteiger charge is 2.27. The molecule has 0 fully saturated rings. The van der Waals surface area contributed by atoms with Crippen molar-refractivity contribution in [1.82, 2.24) is 4.98 Å². The molecule has 166 valence electrons. The number of fused-ring (bicyclic) bond motifs is 2. The molecule has 4 aromatic rings. The van der Waals surface area contributed by atoms with Crippen LogP contribution in [0.5, 0.6) is 0 Å². The van der Waals surface area contributed by atoms with Gasteiger partial charge in [-0.05, 0) is 66.6 Å². The Morgan fingerprint density at radius 3 is 2.73 bits per heavy atom. The lowest BCUT2D eigenvalue weighted by Crippen LogP contribution is -2.09. The summed E-state index contributed by atoms with van der Waals surface area (Å²) < 4.78 is 1.13. The first-order valence-electron chi connectivity index (χ1n) is 10.7. The Balaban J connectivity index is 1.45. The summed E-state index contributed by atoms with van der Waals surface area (Å²) in [5.74, 6) is 0.396. The van der Waals surface area contributed by atoms with Gasteiger partial charge in [0, 0.05) is 28.6 Å².